The zero-order chi connectivity index (χ0) is 38.9. The van der Waals surface area contributed by atoms with E-state index in [0.29, 0.717) is 52.5 Å². The summed E-state index contributed by atoms with van der Waals surface area (Å²) in [7, 11) is -1.79. The van der Waals surface area contributed by atoms with Crippen LogP contribution in [0, 0.1) is 13.8 Å². The van der Waals surface area contributed by atoms with Gasteiger partial charge in [0, 0.05) is 73.3 Å². The topological polar surface area (TPSA) is 107 Å². The van der Waals surface area contributed by atoms with Gasteiger partial charge in [0.15, 0.2) is 5.78 Å². The molecular formula is C42H45F2N5O5S. The molecule has 7 rings (SSSR count). The number of aryl methyl sites for hydroxylation is 2. The van der Waals surface area contributed by atoms with Crippen LogP contribution in [0.25, 0.3) is 22.0 Å². The Morgan fingerprint density at radius 3 is 2.42 bits per heavy atom. The van der Waals surface area contributed by atoms with Gasteiger partial charge < -0.3 is 19.3 Å². The quantitative estimate of drug-likeness (QED) is 0.0781. The molecular weight excluding hydrogens is 725 g/mol. The van der Waals surface area contributed by atoms with Gasteiger partial charge in [-0.3, -0.25) is 4.79 Å². The van der Waals surface area contributed by atoms with Crippen molar-refractivity contribution in [2.45, 2.75) is 63.9 Å². The molecule has 0 amide bonds. The van der Waals surface area contributed by atoms with E-state index in [-0.39, 0.29) is 42.4 Å². The van der Waals surface area contributed by atoms with E-state index >= 15 is 0 Å². The molecule has 2 aliphatic rings. The molecule has 1 saturated carbocycles. The molecule has 1 saturated heterocycles. The number of carbonyl (C=O) groups excluding carboxylic acids is 1. The molecule has 0 unspecified atom stereocenters. The van der Waals surface area contributed by atoms with Crippen LogP contribution in [0.1, 0.15) is 58.4 Å². The number of pyridine rings is 2. The minimum Gasteiger partial charge on any atom is -0.472 e. The highest BCUT2D eigenvalue weighted by Crippen LogP contribution is 2.49. The molecule has 1 aliphatic carbocycles. The first-order chi connectivity index (χ1) is 26.4. The van der Waals surface area contributed by atoms with Crippen molar-refractivity contribution >= 4 is 32.5 Å². The highest BCUT2D eigenvalue weighted by molar-refractivity contribution is 7.91. The summed E-state index contributed by atoms with van der Waals surface area (Å²) >= 11 is 0. The van der Waals surface area contributed by atoms with Gasteiger partial charge in [0.2, 0.25) is 15.9 Å². The number of alkyl halides is 2. The highest BCUT2D eigenvalue weighted by atomic mass is 32.2. The number of piperazine rings is 1. The second-order valence-corrected chi connectivity index (χ2v) is 16.7. The number of rotatable bonds is 15. The lowest BCUT2D eigenvalue weighted by Gasteiger charge is -2.33. The highest BCUT2D eigenvalue weighted by Gasteiger charge is 2.54. The van der Waals surface area contributed by atoms with Crippen molar-refractivity contribution in [1.29, 1.82) is 0 Å². The first-order valence-electron chi connectivity index (χ1n) is 18.5. The SMILES string of the molecule is C=CCC1(S(=O)(=O)n2cc(C)c3c(C(=O)CCc4c(OC(F)F)cc(C)nc4OCc4ccccc4)cc(-c4ccc(N5CCN(C)CC5)nc4)cc32)CC1. The molecule has 0 N–H and O–H groups in total. The van der Waals surface area contributed by atoms with E-state index in [9.17, 15) is 22.0 Å². The predicted molar refractivity (Wildman–Crippen MR) is 210 cm³/mol. The first kappa shape index (κ1) is 38.1. The standard InChI is InChI=1S/C42H45F2N5O5S/c1-5-15-42(16-17-42)55(51,52)49-26-28(2)39-34(23-32(24-35(39)49)31-11-14-38(45-25-31)48-20-18-47(4)19-21-48)36(50)13-12-33-37(54-41(43)44)22-29(3)46-40(33)53-27-30-9-7-6-8-10-30/h5-11,14,22-26,41H,1,12-13,15-21,27H2,2-4H3. The predicted octanol–water partition coefficient (Wildman–Crippen LogP) is 7.75. The molecule has 3 aromatic heterocycles. The summed E-state index contributed by atoms with van der Waals surface area (Å²) in [6, 6.07) is 18.2. The Morgan fingerprint density at radius 1 is 1.02 bits per heavy atom. The summed E-state index contributed by atoms with van der Waals surface area (Å²) in [4.78, 5) is 28.2. The van der Waals surface area contributed by atoms with Crippen molar-refractivity contribution in [3.8, 4) is 22.8 Å². The van der Waals surface area contributed by atoms with Gasteiger partial charge in [-0.05, 0) is 87.5 Å². The lowest BCUT2D eigenvalue weighted by atomic mass is 9.94. The Kier molecular flexibility index (Phi) is 10.8. The van der Waals surface area contributed by atoms with E-state index in [1.807, 2.05) is 42.5 Å². The van der Waals surface area contributed by atoms with Crippen LogP contribution in [0.2, 0.25) is 0 Å². The largest absolute Gasteiger partial charge is 0.472 e. The molecule has 4 heterocycles. The zero-order valence-corrected chi connectivity index (χ0v) is 32.1. The molecule has 0 radical (unpaired) electrons. The van der Waals surface area contributed by atoms with Crippen molar-refractivity contribution in [2.24, 2.45) is 0 Å². The molecule has 10 nitrogen and oxygen atoms in total. The van der Waals surface area contributed by atoms with Gasteiger partial charge in [0.1, 0.15) is 18.2 Å². The second-order valence-electron chi connectivity index (χ2n) is 14.5. The van der Waals surface area contributed by atoms with Crippen LogP contribution >= 0.6 is 0 Å². The maximum atomic E-state index is 14.5. The number of aromatic nitrogens is 3. The second kappa shape index (κ2) is 15.5. The van der Waals surface area contributed by atoms with E-state index in [0.717, 1.165) is 43.1 Å². The van der Waals surface area contributed by atoms with E-state index in [1.165, 1.54) is 10.0 Å². The van der Waals surface area contributed by atoms with Crippen LogP contribution in [-0.4, -0.2) is 77.6 Å². The van der Waals surface area contributed by atoms with Crippen LogP contribution in [0.5, 0.6) is 11.6 Å². The molecule has 0 bridgehead atoms. The van der Waals surface area contributed by atoms with Crippen LogP contribution in [0.3, 0.4) is 0 Å². The summed E-state index contributed by atoms with van der Waals surface area (Å²) in [6.45, 7) is 7.83. The Morgan fingerprint density at radius 2 is 1.76 bits per heavy atom. The number of nitrogens with zero attached hydrogens (tertiary/aromatic N) is 5. The Labute approximate surface area is 320 Å². The summed E-state index contributed by atoms with van der Waals surface area (Å²) in [5.74, 6) is 0.518. The number of fused-ring (bicyclic) bond motifs is 1. The van der Waals surface area contributed by atoms with E-state index in [1.54, 1.807) is 44.4 Å². The van der Waals surface area contributed by atoms with Gasteiger partial charge in [-0.2, -0.15) is 8.78 Å². The molecule has 288 valence electrons. The fourth-order valence-electron chi connectivity index (χ4n) is 7.36. The molecule has 0 spiro atoms. The molecule has 2 aromatic carbocycles. The lowest BCUT2D eigenvalue weighted by molar-refractivity contribution is -0.0506. The van der Waals surface area contributed by atoms with E-state index in [2.05, 4.69) is 28.4 Å². The van der Waals surface area contributed by atoms with Crippen LogP contribution in [0.15, 0.2) is 85.7 Å². The molecule has 1 aliphatic heterocycles. The van der Waals surface area contributed by atoms with Crippen molar-refractivity contribution < 1.29 is 31.5 Å². The van der Waals surface area contributed by atoms with Gasteiger partial charge >= 0.3 is 6.61 Å². The van der Waals surface area contributed by atoms with Gasteiger partial charge in [-0.1, -0.05) is 36.4 Å². The van der Waals surface area contributed by atoms with Crippen LogP contribution in [0.4, 0.5) is 14.6 Å². The maximum absolute atomic E-state index is 14.5. The third kappa shape index (κ3) is 7.86. The van der Waals surface area contributed by atoms with Gasteiger partial charge in [0.25, 0.3) is 0 Å². The summed E-state index contributed by atoms with van der Waals surface area (Å²) in [5.41, 5.74) is 4.18. The number of benzene rings is 2. The van der Waals surface area contributed by atoms with Gasteiger partial charge in [-0.25, -0.2) is 22.4 Å². The zero-order valence-electron chi connectivity index (χ0n) is 31.3. The number of carbonyl (C=O) groups is 1. The molecule has 55 heavy (non-hydrogen) atoms. The van der Waals surface area contributed by atoms with E-state index in [4.69, 9.17) is 14.5 Å². The number of Topliss-reactive ketones (excluding diaryl/α,β-unsaturated/α-hetero) is 1. The average molecular weight is 770 g/mol. The third-order valence-corrected chi connectivity index (χ3v) is 13.1. The number of ketones is 1. The fourth-order valence-corrected chi connectivity index (χ4v) is 9.42. The average Bonchev–Trinajstić information content (AvgIpc) is 3.89. The maximum Gasteiger partial charge on any atom is 0.387 e. The molecule has 5 aromatic rings. The Hall–Kier alpha value is -5.14. The summed E-state index contributed by atoms with van der Waals surface area (Å²) in [6.07, 6.45) is 6.19. The fraction of sp³-hybridized carbons (Fsp3) is 0.357. The summed E-state index contributed by atoms with van der Waals surface area (Å²) < 4.78 is 67.3. The van der Waals surface area contributed by atoms with Gasteiger partial charge in [0.05, 0.1) is 15.8 Å². The third-order valence-electron chi connectivity index (χ3n) is 10.6. The van der Waals surface area contributed by atoms with Crippen molar-refractivity contribution in [3.63, 3.8) is 0 Å². The number of hydrogen-bond acceptors (Lipinski definition) is 9. The minimum atomic E-state index is -3.88. The number of ether oxygens (including phenoxy) is 2. The Balaban J connectivity index is 1.27. The smallest absolute Gasteiger partial charge is 0.387 e. The van der Waals surface area contributed by atoms with Crippen molar-refractivity contribution in [2.75, 3.05) is 38.1 Å². The van der Waals surface area contributed by atoms with Crippen molar-refractivity contribution in [1.82, 2.24) is 18.8 Å². The van der Waals surface area contributed by atoms with Crippen molar-refractivity contribution in [3.05, 3.63) is 114 Å². The minimum absolute atomic E-state index is 0.0220. The summed E-state index contributed by atoms with van der Waals surface area (Å²) in [5, 5.41) is 0.514. The van der Waals surface area contributed by atoms with Crippen LogP contribution < -0.4 is 14.4 Å². The van der Waals surface area contributed by atoms with E-state index < -0.39 is 21.4 Å². The van der Waals surface area contributed by atoms with Gasteiger partial charge in [-0.15, -0.1) is 6.58 Å². The van der Waals surface area contributed by atoms with Crippen LogP contribution in [-0.2, 0) is 23.1 Å². The number of allylic oxidation sites excluding steroid dienone is 1. The Bertz CT molecular complexity index is 2320. The number of anilines is 1. The number of hydrogen-bond donors (Lipinski definition) is 0. The number of likely N-dealkylation sites (N-methyl/N-ethyl adjacent to an activating group) is 1. The molecule has 0 atom stereocenters. The number of halogens is 2. The normalized spacial score (nSPS) is 15.7. The monoisotopic (exact) mass is 769 g/mol. The molecule has 13 heteroatoms. The first-order valence-corrected chi connectivity index (χ1v) is 19.9. The lowest BCUT2D eigenvalue weighted by Crippen LogP contribution is -2.44. The molecule has 2 fully saturated rings.